The molecule has 0 saturated carbocycles. The number of rotatable bonds is 19. The number of aromatic nitrogens is 3. The van der Waals surface area contributed by atoms with E-state index in [4.69, 9.17) is 9.47 Å². The summed E-state index contributed by atoms with van der Waals surface area (Å²) in [6.45, 7) is 3.81. The number of piperidine rings is 2. The lowest BCUT2D eigenvalue weighted by molar-refractivity contribution is -0.136. The van der Waals surface area contributed by atoms with E-state index < -0.39 is 0 Å². The molecule has 4 heterocycles. The number of carbonyl (C=O) groups excluding carboxylic acids is 3. The molecule has 306 valence electrons. The van der Waals surface area contributed by atoms with E-state index in [-0.39, 0.29) is 35.0 Å². The van der Waals surface area contributed by atoms with Gasteiger partial charge in [0, 0.05) is 55.1 Å². The molecule has 2 fully saturated rings. The molecular formula is C44H57FN6O6. The fourth-order valence-electron chi connectivity index (χ4n) is 8.35. The number of fused-ring (bicyclic) bond motifs is 1. The van der Waals surface area contributed by atoms with Gasteiger partial charge in [0.2, 0.25) is 17.7 Å². The van der Waals surface area contributed by atoms with E-state index in [0.29, 0.717) is 73.6 Å². The average molecular weight is 785 g/mol. The Morgan fingerprint density at radius 2 is 1.67 bits per heavy atom. The number of unbranched alkanes of at least 4 members (excludes halogenated alkanes) is 5. The van der Waals surface area contributed by atoms with Crippen LogP contribution in [0.2, 0.25) is 0 Å². The fraction of sp³-hybridized carbons (Fsp3) is 0.523. The van der Waals surface area contributed by atoms with Crippen molar-refractivity contribution in [1.29, 1.82) is 0 Å². The lowest BCUT2D eigenvalue weighted by Gasteiger charge is -2.32. The van der Waals surface area contributed by atoms with Crippen LogP contribution in [0.3, 0.4) is 0 Å². The van der Waals surface area contributed by atoms with E-state index in [1.807, 2.05) is 24.3 Å². The summed E-state index contributed by atoms with van der Waals surface area (Å²) in [6, 6.07) is 9.38. The summed E-state index contributed by atoms with van der Waals surface area (Å²) in [7, 11) is 4.95. The van der Waals surface area contributed by atoms with E-state index >= 15 is 0 Å². The summed E-state index contributed by atoms with van der Waals surface area (Å²) in [5.74, 6) is 0.582. The summed E-state index contributed by atoms with van der Waals surface area (Å²) in [5, 5.41) is 13.0. The standard InChI is InChI=1S/C44H57FN6O6/c1-50-28-36(35-27-47-49-42(35)44(50)55)33-25-38(56-2)34(39(26-33)57-3)11-10-12-40(52)46-19-8-6-4-5-7-9-20-51-21-17-29(18-22-51)30-13-14-31(37(45)24-30)23-32-15-16-41(53)48-43(32)54/h13-14,24-29,32H,4-12,15-23H2,1-3H3,(H,46,52)(H,47,49)(H,48,53,54). The van der Waals surface area contributed by atoms with Crippen molar-refractivity contribution in [3.8, 4) is 22.6 Å². The molecule has 2 aliphatic rings. The maximum Gasteiger partial charge on any atom is 0.276 e. The molecule has 1 atom stereocenters. The number of aryl methyl sites for hydroxylation is 1. The minimum atomic E-state index is -0.354. The molecule has 57 heavy (non-hydrogen) atoms. The van der Waals surface area contributed by atoms with Gasteiger partial charge in [-0.25, -0.2) is 4.39 Å². The summed E-state index contributed by atoms with van der Waals surface area (Å²) in [5.41, 5.74) is 4.45. The van der Waals surface area contributed by atoms with E-state index in [9.17, 15) is 23.6 Å². The minimum Gasteiger partial charge on any atom is -0.496 e. The second-order valence-electron chi connectivity index (χ2n) is 15.6. The number of likely N-dealkylation sites (tertiary alicyclic amines) is 1. The molecule has 0 spiro atoms. The molecule has 13 heteroatoms. The third-order valence-corrected chi connectivity index (χ3v) is 11.7. The normalized spacial score (nSPS) is 16.5. The first-order chi connectivity index (χ1) is 27.6. The molecule has 3 amide bonds. The van der Waals surface area contributed by atoms with Crippen molar-refractivity contribution in [2.45, 2.75) is 95.8 Å². The second kappa shape index (κ2) is 19.9. The number of methoxy groups -OCH3 is 2. The summed E-state index contributed by atoms with van der Waals surface area (Å²) >= 11 is 0. The van der Waals surface area contributed by atoms with Gasteiger partial charge < -0.3 is 24.3 Å². The van der Waals surface area contributed by atoms with Crippen LogP contribution in [0.1, 0.15) is 99.7 Å². The first-order valence-electron chi connectivity index (χ1n) is 20.5. The number of amides is 3. The van der Waals surface area contributed by atoms with Crippen molar-refractivity contribution >= 4 is 28.6 Å². The van der Waals surface area contributed by atoms with E-state index in [2.05, 4.69) is 25.7 Å². The molecule has 0 radical (unpaired) electrons. The van der Waals surface area contributed by atoms with E-state index in [1.54, 1.807) is 39.7 Å². The number of carbonyl (C=O) groups is 3. The van der Waals surface area contributed by atoms with Gasteiger partial charge in [0.15, 0.2) is 0 Å². The molecule has 2 aromatic carbocycles. The Bertz CT molecular complexity index is 2060. The third-order valence-electron chi connectivity index (χ3n) is 11.7. The zero-order chi connectivity index (χ0) is 40.3. The maximum absolute atomic E-state index is 15.0. The predicted octanol–water partition coefficient (Wildman–Crippen LogP) is 6.34. The van der Waals surface area contributed by atoms with Crippen LogP contribution in [0.5, 0.6) is 11.5 Å². The SMILES string of the molecule is COc1cc(-c2cn(C)c(=O)c3[nH]ncc23)cc(OC)c1CCCC(=O)NCCCCCCCCN1CCC(c2ccc(CC3CCC(=O)NC3=O)c(F)c2)CC1. The van der Waals surface area contributed by atoms with Gasteiger partial charge in [0.25, 0.3) is 5.56 Å². The number of imide groups is 1. The van der Waals surface area contributed by atoms with Crippen LogP contribution in [-0.4, -0.2) is 77.8 Å². The molecule has 0 bridgehead atoms. The summed E-state index contributed by atoms with van der Waals surface area (Å²) < 4.78 is 28.0. The van der Waals surface area contributed by atoms with Gasteiger partial charge in [-0.2, -0.15) is 5.10 Å². The van der Waals surface area contributed by atoms with Crippen LogP contribution >= 0.6 is 0 Å². The Labute approximate surface area is 333 Å². The maximum atomic E-state index is 15.0. The van der Waals surface area contributed by atoms with Crippen LogP contribution in [-0.2, 0) is 34.3 Å². The molecule has 2 aliphatic heterocycles. The Kier molecular flexibility index (Phi) is 14.5. The van der Waals surface area contributed by atoms with E-state index in [1.165, 1.54) is 23.8 Å². The van der Waals surface area contributed by atoms with Crippen molar-refractivity contribution in [3.63, 3.8) is 0 Å². The Morgan fingerprint density at radius 1 is 0.947 bits per heavy atom. The summed E-state index contributed by atoms with van der Waals surface area (Å²) in [6.07, 6.45) is 15.0. The zero-order valence-corrected chi connectivity index (χ0v) is 33.6. The highest BCUT2D eigenvalue weighted by Crippen LogP contribution is 2.38. The van der Waals surface area contributed by atoms with Gasteiger partial charge in [-0.3, -0.25) is 29.6 Å². The quantitative estimate of drug-likeness (QED) is 0.0738. The molecule has 12 nitrogen and oxygen atoms in total. The number of hydrogen-bond donors (Lipinski definition) is 3. The third kappa shape index (κ3) is 10.7. The van der Waals surface area contributed by atoms with Crippen molar-refractivity contribution in [2.75, 3.05) is 40.4 Å². The molecule has 2 aromatic heterocycles. The van der Waals surface area contributed by atoms with Crippen molar-refractivity contribution in [1.82, 2.24) is 30.3 Å². The van der Waals surface area contributed by atoms with Crippen LogP contribution in [0.4, 0.5) is 4.39 Å². The van der Waals surface area contributed by atoms with Crippen LogP contribution in [0.15, 0.2) is 47.5 Å². The molecule has 4 aromatic rings. The number of pyridine rings is 1. The van der Waals surface area contributed by atoms with Gasteiger partial charge in [0.1, 0.15) is 22.8 Å². The molecule has 3 N–H and O–H groups in total. The van der Waals surface area contributed by atoms with Crippen molar-refractivity contribution in [2.24, 2.45) is 13.0 Å². The predicted molar refractivity (Wildman–Crippen MR) is 218 cm³/mol. The number of H-pyrrole nitrogens is 1. The van der Waals surface area contributed by atoms with Gasteiger partial charge in [0.05, 0.1) is 20.4 Å². The number of aromatic amines is 1. The minimum absolute atomic E-state index is 0.0489. The van der Waals surface area contributed by atoms with Crippen LogP contribution in [0.25, 0.3) is 22.0 Å². The number of ether oxygens (including phenoxy) is 2. The van der Waals surface area contributed by atoms with Crippen LogP contribution < -0.4 is 25.7 Å². The lowest BCUT2D eigenvalue weighted by Crippen LogP contribution is -2.41. The number of nitrogens with zero attached hydrogens (tertiary/aromatic N) is 3. The van der Waals surface area contributed by atoms with Crippen LogP contribution in [0, 0.1) is 11.7 Å². The zero-order valence-electron chi connectivity index (χ0n) is 33.6. The van der Waals surface area contributed by atoms with Crippen molar-refractivity contribution < 1.29 is 28.2 Å². The molecule has 6 rings (SSSR count). The first-order valence-corrected chi connectivity index (χ1v) is 20.5. The summed E-state index contributed by atoms with van der Waals surface area (Å²) in [4.78, 5) is 51.2. The van der Waals surface area contributed by atoms with Gasteiger partial charge in [-0.1, -0.05) is 37.8 Å². The molecule has 0 aliphatic carbocycles. The highest BCUT2D eigenvalue weighted by molar-refractivity contribution is 5.98. The topological polar surface area (TPSA) is 148 Å². The number of hydrogen-bond acceptors (Lipinski definition) is 8. The smallest absolute Gasteiger partial charge is 0.276 e. The number of benzene rings is 2. The van der Waals surface area contributed by atoms with Gasteiger partial charge >= 0.3 is 0 Å². The Hall–Kier alpha value is -5.04. The first kappa shape index (κ1) is 41.6. The molecule has 2 saturated heterocycles. The monoisotopic (exact) mass is 784 g/mol. The molecular weight excluding hydrogens is 728 g/mol. The largest absolute Gasteiger partial charge is 0.496 e. The average Bonchev–Trinajstić information content (AvgIpc) is 3.71. The second-order valence-corrected chi connectivity index (χ2v) is 15.6. The number of halogens is 1. The van der Waals surface area contributed by atoms with Crippen molar-refractivity contribution in [3.05, 3.63) is 75.6 Å². The van der Waals surface area contributed by atoms with Gasteiger partial charge in [-0.15, -0.1) is 0 Å². The van der Waals surface area contributed by atoms with Gasteiger partial charge in [-0.05, 0) is 112 Å². The number of nitrogens with one attached hydrogen (secondary N) is 3. The lowest BCUT2D eigenvalue weighted by atomic mass is 9.86. The highest BCUT2D eigenvalue weighted by Gasteiger charge is 2.28. The Morgan fingerprint density at radius 3 is 2.37 bits per heavy atom. The molecule has 1 unspecified atom stereocenters. The Balaban J connectivity index is 0.821. The highest BCUT2D eigenvalue weighted by atomic mass is 19.1. The fourth-order valence-corrected chi connectivity index (χ4v) is 8.35. The van der Waals surface area contributed by atoms with E-state index in [0.717, 1.165) is 79.4 Å².